The third-order valence-electron chi connectivity index (χ3n) is 6.21. The van der Waals surface area contributed by atoms with Gasteiger partial charge in [-0.1, -0.05) is 89.1 Å². The Morgan fingerprint density at radius 3 is 2.49 bits per heavy atom. The molecule has 4 aromatic rings. The Labute approximate surface area is 259 Å². The minimum Gasteiger partial charge on any atom is -0.507 e. The van der Waals surface area contributed by atoms with Gasteiger partial charge in [0.25, 0.3) is 5.78 Å². The Bertz CT molecular complexity index is 1640. The van der Waals surface area contributed by atoms with Gasteiger partial charge in [-0.25, -0.2) is 0 Å². The van der Waals surface area contributed by atoms with E-state index < -0.39 is 17.7 Å². The Balaban J connectivity index is 1.54. The van der Waals surface area contributed by atoms with Crippen molar-refractivity contribution in [1.82, 2.24) is 10.2 Å². The number of ether oxygens (including phenoxy) is 1. The summed E-state index contributed by atoms with van der Waals surface area (Å²) in [6, 6.07) is 17.8. The van der Waals surface area contributed by atoms with Gasteiger partial charge in [-0.3, -0.25) is 14.5 Å². The number of thioether (sulfide) groups is 1. The molecule has 1 fully saturated rings. The van der Waals surface area contributed by atoms with Crippen LogP contribution in [0.25, 0.3) is 5.76 Å². The van der Waals surface area contributed by atoms with Crippen LogP contribution in [0, 0.1) is 0 Å². The van der Waals surface area contributed by atoms with Gasteiger partial charge in [-0.15, -0.1) is 10.2 Å². The minimum atomic E-state index is -1.06. The summed E-state index contributed by atoms with van der Waals surface area (Å²) in [7, 11) is 0. The fourth-order valence-electron chi connectivity index (χ4n) is 4.24. The number of ketones is 1. The monoisotopic (exact) mass is 645 g/mol. The van der Waals surface area contributed by atoms with Crippen LogP contribution in [0.15, 0.2) is 76.6 Å². The fourth-order valence-corrected chi connectivity index (χ4v) is 6.91. The van der Waals surface area contributed by atoms with E-state index in [0.717, 1.165) is 23.3 Å². The number of hydrogen-bond donors (Lipinski definition) is 1. The van der Waals surface area contributed by atoms with Gasteiger partial charge in [0.1, 0.15) is 11.5 Å². The maximum atomic E-state index is 13.5. The minimum absolute atomic E-state index is 0.123. The maximum absolute atomic E-state index is 13.5. The van der Waals surface area contributed by atoms with Gasteiger partial charge in [-0.2, -0.15) is 0 Å². The van der Waals surface area contributed by atoms with Crippen molar-refractivity contribution in [3.8, 4) is 5.75 Å². The third-order valence-corrected chi connectivity index (χ3v) is 9.25. The summed E-state index contributed by atoms with van der Waals surface area (Å²) < 4.78 is 6.20. The second-order valence-corrected chi connectivity index (χ2v) is 12.4. The molecule has 1 aromatic heterocycles. The summed E-state index contributed by atoms with van der Waals surface area (Å²) in [5, 5.41) is 21.3. The molecule has 7 nitrogen and oxygen atoms in total. The molecule has 3 aromatic carbocycles. The molecule has 0 bridgehead atoms. The number of hydrogen-bond acceptors (Lipinski definition) is 8. The predicted octanol–water partition coefficient (Wildman–Crippen LogP) is 8.21. The number of aliphatic hydroxyl groups is 1. The number of carbonyl (C=O) groups excluding carboxylic acids is 2. The molecule has 210 valence electrons. The lowest BCUT2D eigenvalue weighted by Crippen LogP contribution is -2.29. The number of amides is 1. The van der Waals surface area contributed by atoms with E-state index in [-0.39, 0.29) is 21.5 Å². The van der Waals surface area contributed by atoms with Crippen LogP contribution in [0.2, 0.25) is 15.1 Å². The van der Waals surface area contributed by atoms with E-state index >= 15 is 0 Å². The number of Topliss-reactive ketones (excluding diaryl/α,β-unsaturated/α-hetero) is 1. The fraction of sp³-hybridized carbons (Fsp3) is 0.172. The molecule has 1 unspecified atom stereocenters. The van der Waals surface area contributed by atoms with Crippen LogP contribution in [0.5, 0.6) is 5.75 Å². The summed E-state index contributed by atoms with van der Waals surface area (Å²) in [5.74, 6) is -0.912. The highest BCUT2D eigenvalue weighted by molar-refractivity contribution is 8.00. The van der Waals surface area contributed by atoms with Gasteiger partial charge >= 0.3 is 5.91 Å². The molecule has 0 radical (unpaired) electrons. The molecule has 12 heteroatoms. The summed E-state index contributed by atoms with van der Waals surface area (Å²) in [6.07, 6.45) is 0.846. The van der Waals surface area contributed by atoms with E-state index in [1.165, 1.54) is 22.7 Å². The summed E-state index contributed by atoms with van der Waals surface area (Å²) in [4.78, 5) is 28.2. The summed E-state index contributed by atoms with van der Waals surface area (Å²) in [6.45, 7) is 2.55. The van der Waals surface area contributed by atoms with E-state index in [9.17, 15) is 14.7 Å². The van der Waals surface area contributed by atoms with Gasteiger partial charge in [0.2, 0.25) is 5.13 Å². The summed E-state index contributed by atoms with van der Waals surface area (Å²) in [5.41, 5.74) is 1.55. The van der Waals surface area contributed by atoms with Crippen molar-refractivity contribution in [2.45, 2.75) is 29.5 Å². The van der Waals surface area contributed by atoms with Crippen molar-refractivity contribution in [2.75, 3.05) is 11.5 Å². The van der Waals surface area contributed by atoms with Crippen LogP contribution >= 0.6 is 57.9 Å². The van der Waals surface area contributed by atoms with Crippen LogP contribution in [-0.4, -0.2) is 33.6 Å². The Morgan fingerprint density at radius 1 is 1.02 bits per heavy atom. The maximum Gasteiger partial charge on any atom is 0.301 e. The van der Waals surface area contributed by atoms with Crippen molar-refractivity contribution in [1.29, 1.82) is 0 Å². The third kappa shape index (κ3) is 6.24. The number of rotatable bonds is 9. The molecule has 1 atom stereocenters. The van der Waals surface area contributed by atoms with Crippen LogP contribution in [0.1, 0.15) is 36.1 Å². The zero-order valence-corrected chi connectivity index (χ0v) is 25.4. The van der Waals surface area contributed by atoms with E-state index in [2.05, 4.69) is 10.2 Å². The van der Waals surface area contributed by atoms with Crippen LogP contribution in [-0.2, 0) is 15.3 Å². The van der Waals surface area contributed by atoms with Crippen LogP contribution < -0.4 is 9.64 Å². The molecule has 0 spiro atoms. The standard InChI is InChI=1S/C29H22Cl3N3O4S2/c1-2-13-39-19-10-7-16(8-11-19)25(36)23-24(20-12-9-18(30)14-22(20)32)35(27(38)26(23)37)28-33-34-29(41-28)40-15-17-5-3-4-6-21(17)31/h3-12,14,24,36H,2,13,15H2,1H3/b25-23-. The quantitative estimate of drug-likeness (QED) is 0.0644. The van der Waals surface area contributed by atoms with Gasteiger partial charge in [0, 0.05) is 26.4 Å². The first-order valence-corrected chi connectivity index (χ1v) is 15.4. The normalized spacial score (nSPS) is 16.4. The number of carbonyl (C=O) groups is 2. The first kappa shape index (κ1) is 29.4. The summed E-state index contributed by atoms with van der Waals surface area (Å²) >= 11 is 21.6. The lowest BCUT2D eigenvalue weighted by atomic mass is 9.95. The van der Waals surface area contributed by atoms with Crippen molar-refractivity contribution in [2.24, 2.45) is 0 Å². The molecular formula is C29H22Cl3N3O4S2. The topological polar surface area (TPSA) is 92.6 Å². The molecule has 1 aliphatic heterocycles. The predicted molar refractivity (Wildman–Crippen MR) is 164 cm³/mol. The van der Waals surface area contributed by atoms with Gasteiger partial charge in [-0.05, 0) is 60.0 Å². The lowest BCUT2D eigenvalue weighted by Gasteiger charge is -2.23. The van der Waals surface area contributed by atoms with Crippen molar-refractivity contribution in [3.63, 3.8) is 0 Å². The van der Waals surface area contributed by atoms with E-state index in [0.29, 0.717) is 43.6 Å². The van der Waals surface area contributed by atoms with E-state index in [1.54, 1.807) is 36.4 Å². The molecule has 1 saturated heterocycles. The Hall–Kier alpha value is -3.08. The number of nitrogens with zero attached hydrogens (tertiary/aromatic N) is 3. The zero-order valence-electron chi connectivity index (χ0n) is 21.5. The number of halogens is 3. The van der Waals surface area contributed by atoms with Gasteiger partial charge in [0.05, 0.1) is 18.2 Å². The number of aliphatic hydroxyl groups excluding tert-OH is 1. The molecule has 1 amide bonds. The van der Waals surface area contributed by atoms with E-state index in [4.69, 9.17) is 39.5 Å². The Kier molecular flexibility index (Phi) is 9.21. The highest BCUT2D eigenvalue weighted by atomic mass is 35.5. The number of aromatic nitrogens is 2. The van der Waals surface area contributed by atoms with Crippen LogP contribution in [0.4, 0.5) is 5.13 Å². The molecule has 41 heavy (non-hydrogen) atoms. The molecule has 0 aliphatic carbocycles. The molecule has 1 aliphatic rings. The highest BCUT2D eigenvalue weighted by Gasteiger charge is 2.49. The average Bonchev–Trinajstić information content (AvgIpc) is 3.53. The lowest BCUT2D eigenvalue weighted by molar-refractivity contribution is -0.132. The van der Waals surface area contributed by atoms with Gasteiger partial charge < -0.3 is 9.84 Å². The largest absolute Gasteiger partial charge is 0.507 e. The average molecular weight is 647 g/mol. The molecule has 0 saturated carbocycles. The van der Waals surface area contributed by atoms with E-state index in [1.807, 2.05) is 31.2 Å². The van der Waals surface area contributed by atoms with Crippen molar-refractivity contribution in [3.05, 3.63) is 104 Å². The Morgan fingerprint density at radius 2 is 1.78 bits per heavy atom. The SMILES string of the molecule is CCCOc1ccc(/C(O)=C2/C(=O)C(=O)N(c3nnc(SCc4ccccc4Cl)s3)C2c2ccc(Cl)cc2Cl)cc1. The first-order chi connectivity index (χ1) is 19.8. The molecular weight excluding hydrogens is 625 g/mol. The molecule has 2 heterocycles. The molecule has 5 rings (SSSR count). The van der Waals surface area contributed by atoms with Crippen LogP contribution in [0.3, 0.4) is 0 Å². The first-order valence-electron chi connectivity index (χ1n) is 12.5. The second kappa shape index (κ2) is 12.8. The van der Waals surface area contributed by atoms with Crippen molar-refractivity contribution < 1.29 is 19.4 Å². The number of anilines is 1. The van der Waals surface area contributed by atoms with Gasteiger partial charge in [0.15, 0.2) is 4.34 Å². The van der Waals surface area contributed by atoms with Crippen molar-refractivity contribution >= 4 is 80.5 Å². The zero-order chi connectivity index (χ0) is 29.1. The smallest absolute Gasteiger partial charge is 0.301 e. The number of benzene rings is 3. The molecule has 1 N–H and O–H groups in total. The second-order valence-electron chi connectivity index (χ2n) is 8.94. The highest BCUT2D eigenvalue weighted by Crippen LogP contribution is 2.46.